The molecular weight excluding hydrogens is 406 g/mol. The average Bonchev–Trinajstić information content (AvgIpc) is 2.69. The number of ether oxygens (including phenoxy) is 1. The smallest absolute Gasteiger partial charge is 0.255 e. The summed E-state index contributed by atoms with van der Waals surface area (Å²) < 4.78 is 6.87. The zero-order chi connectivity index (χ0) is 18.8. The average molecular weight is 428 g/mol. The Kier molecular flexibility index (Phi) is 5.31. The van der Waals surface area contributed by atoms with Crippen LogP contribution in [0.25, 0.3) is 0 Å². The summed E-state index contributed by atoms with van der Waals surface area (Å²) in [5, 5.41) is 9.01. The van der Waals surface area contributed by atoms with Gasteiger partial charge in [-0.1, -0.05) is 6.08 Å². The van der Waals surface area contributed by atoms with E-state index in [-0.39, 0.29) is 12.0 Å². The Morgan fingerprint density at radius 2 is 2.07 bits per heavy atom. The van der Waals surface area contributed by atoms with Crippen molar-refractivity contribution in [1.29, 1.82) is 5.26 Å². The molecule has 0 bridgehead atoms. The molecule has 0 N–H and O–H groups in total. The number of fused-ring (bicyclic) bond motifs is 1. The van der Waals surface area contributed by atoms with Crippen LogP contribution in [0, 0.1) is 11.3 Å². The number of carbonyl (C=O) groups is 1. The van der Waals surface area contributed by atoms with E-state index in [0.717, 1.165) is 73.1 Å². The predicted octanol–water partition coefficient (Wildman–Crippen LogP) is 4.01. The van der Waals surface area contributed by atoms with Crippen LogP contribution in [0.1, 0.15) is 44.1 Å². The third kappa shape index (κ3) is 3.79. The highest BCUT2D eigenvalue weighted by molar-refractivity contribution is 9.10. The number of amides is 1. The van der Waals surface area contributed by atoms with Gasteiger partial charge in [-0.3, -0.25) is 9.79 Å². The first kappa shape index (κ1) is 18.2. The summed E-state index contributed by atoms with van der Waals surface area (Å²) in [7, 11) is 0. The van der Waals surface area contributed by atoms with Gasteiger partial charge in [0.2, 0.25) is 0 Å². The lowest BCUT2D eigenvalue weighted by molar-refractivity contribution is -0.130. The summed E-state index contributed by atoms with van der Waals surface area (Å²) >= 11 is 3.41. The normalized spacial score (nSPS) is 25.2. The number of nitrogens with zero attached hydrogens (tertiary/aromatic N) is 3. The number of nitriles is 1. The zero-order valence-corrected chi connectivity index (χ0v) is 16.7. The van der Waals surface area contributed by atoms with Crippen molar-refractivity contribution in [1.82, 2.24) is 4.90 Å². The highest BCUT2D eigenvalue weighted by Gasteiger charge is 2.35. The SMILES string of the molecule is N#Cc1ccc(O[C@H]2CC[C@H](N3CCC4=NCCC=C4C3=O)CC2)cc1Br. The minimum atomic E-state index is 0.159. The molecule has 1 amide bonds. The predicted molar refractivity (Wildman–Crippen MR) is 107 cm³/mol. The summed E-state index contributed by atoms with van der Waals surface area (Å²) in [6.45, 7) is 1.60. The maximum absolute atomic E-state index is 12.8. The Morgan fingerprint density at radius 3 is 2.81 bits per heavy atom. The van der Waals surface area contributed by atoms with Crippen LogP contribution in [0.4, 0.5) is 0 Å². The van der Waals surface area contributed by atoms with Crippen molar-refractivity contribution in [2.24, 2.45) is 4.99 Å². The first-order valence-electron chi connectivity index (χ1n) is 9.57. The van der Waals surface area contributed by atoms with Crippen LogP contribution in [0.15, 0.2) is 39.3 Å². The second-order valence-electron chi connectivity index (χ2n) is 7.29. The zero-order valence-electron chi connectivity index (χ0n) is 15.2. The molecule has 0 spiro atoms. The van der Waals surface area contributed by atoms with Crippen molar-refractivity contribution < 1.29 is 9.53 Å². The summed E-state index contributed by atoms with van der Waals surface area (Å²) in [6.07, 6.45) is 7.78. The molecule has 0 radical (unpaired) electrons. The summed E-state index contributed by atoms with van der Waals surface area (Å²) in [5.41, 5.74) is 2.45. The molecule has 6 heteroatoms. The molecular formula is C21H22BrN3O2. The van der Waals surface area contributed by atoms with Crippen LogP contribution < -0.4 is 4.74 Å². The lowest BCUT2D eigenvalue weighted by atomic mass is 9.88. The molecule has 2 heterocycles. The van der Waals surface area contributed by atoms with E-state index in [1.54, 1.807) is 6.07 Å². The second-order valence-corrected chi connectivity index (χ2v) is 8.14. The van der Waals surface area contributed by atoms with Gasteiger partial charge in [0.1, 0.15) is 11.8 Å². The van der Waals surface area contributed by atoms with Gasteiger partial charge in [0.15, 0.2) is 0 Å². The van der Waals surface area contributed by atoms with Gasteiger partial charge in [0.25, 0.3) is 5.91 Å². The monoisotopic (exact) mass is 427 g/mol. The molecule has 1 aliphatic carbocycles. The lowest BCUT2D eigenvalue weighted by Crippen LogP contribution is -2.49. The van der Waals surface area contributed by atoms with Crippen molar-refractivity contribution >= 4 is 27.5 Å². The summed E-state index contributed by atoms with van der Waals surface area (Å²) in [6, 6.07) is 7.92. The van der Waals surface area contributed by atoms with Gasteiger partial charge in [0, 0.05) is 35.7 Å². The molecule has 1 aromatic carbocycles. The Morgan fingerprint density at radius 1 is 1.26 bits per heavy atom. The Balaban J connectivity index is 1.35. The molecule has 0 aromatic heterocycles. The van der Waals surface area contributed by atoms with Crippen molar-refractivity contribution in [3.05, 3.63) is 39.9 Å². The highest BCUT2D eigenvalue weighted by Crippen LogP contribution is 2.31. The number of halogens is 1. The number of hydrogen-bond donors (Lipinski definition) is 0. The van der Waals surface area contributed by atoms with E-state index in [9.17, 15) is 4.79 Å². The molecule has 0 unspecified atom stereocenters. The fourth-order valence-electron chi connectivity index (χ4n) is 4.19. The Bertz CT molecular complexity index is 847. The number of benzene rings is 1. The van der Waals surface area contributed by atoms with E-state index in [1.165, 1.54) is 0 Å². The maximum Gasteiger partial charge on any atom is 0.255 e. The van der Waals surface area contributed by atoms with E-state index in [1.807, 2.05) is 12.1 Å². The molecule has 1 saturated heterocycles. The molecule has 27 heavy (non-hydrogen) atoms. The molecule has 1 saturated carbocycles. The maximum atomic E-state index is 12.8. The van der Waals surface area contributed by atoms with Gasteiger partial charge in [-0.25, -0.2) is 0 Å². The van der Waals surface area contributed by atoms with Crippen LogP contribution in [-0.2, 0) is 4.79 Å². The third-order valence-corrected chi connectivity index (χ3v) is 6.28. The fourth-order valence-corrected chi connectivity index (χ4v) is 4.64. The lowest BCUT2D eigenvalue weighted by Gasteiger charge is -2.40. The van der Waals surface area contributed by atoms with Crippen LogP contribution in [-0.4, -0.2) is 41.8 Å². The number of likely N-dealkylation sites (tertiary alicyclic amines) is 1. The van der Waals surface area contributed by atoms with Gasteiger partial charge >= 0.3 is 0 Å². The number of hydrogen-bond acceptors (Lipinski definition) is 4. The number of dihydropyridines is 1. The number of aliphatic imine (C=N–C) groups is 1. The number of rotatable bonds is 3. The van der Waals surface area contributed by atoms with Crippen LogP contribution in [0.3, 0.4) is 0 Å². The van der Waals surface area contributed by atoms with E-state index in [4.69, 9.17) is 10.00 Å². The molecule has 0 atom stereocenters. The van der Waals surface area contributed by atoms with Crippen molar-refractivity contribution in [2.75, 3.05) is 13.1 Å². The van der Waals surface area contributed by atoms with Crippen LogP contribution in [0.5, 0.6) is 5.75 Å². The van der Waals surface area contributed by atoms with Crippen LogP contribution in [0.2, 0.25) is 0 Å². The Labute approximate surface area is 167 Å². The molecule has 140 valence electrons. The van der Waals surface area contributed by atoms with Gasteiger partial charge in [-0.05, 0) is 66.2 Å². The minimum absolute atomic E-state index is 0.159. The largest absolute Gasteiger partial charge is 0.490 e. The van der Waals surface area contributed by atoms with Gasteiger partial charge in [0.05, 0.1) is 17.2 Å². The standard InChI is InChI=1S/C21H22BrN3O2/c22-19-12-17(6-3-14(19)13-23)27-16-7-4-15(5-8-16)25-11-9-20-18(21(25)26)2-1-10-24-20/h2-3,6,12,15-16H,1,4-5,7-11H2/t15-,16-. The number of carbonyl (C=O) groups excluding carboxylic acids is 1. The molecule has 4 rings (SSSR count). The van der Waals surface area contributed by atoms with Crippen molar-refractivity contribution in [3.63, 3.8) is 0 Å². The topological polar surface area (TPSA) is 65.7 Å². The van der Waals surface area contributed by atoms with E-state index in [2.05, 4.69) is 38.0 Å². The quantitative estimate of drug-likeness (QED) is 0.731. The fraction of sp³-hybridized carbons (Fsp3) is 0.476. The molecule has 2 aliphatic heterocycles. The molecule has 1 aromatic rings. The second kappa shape index (κ2) is 7.85. The molecule has 5 nitrogen and oxygen atoms in total. The summed E-state index contributed by atoms with van der Waals surface area (Å²) in [5.74, 6) is 0.951. The highest BCUT2D eigenvalue weighted by atomic mass is 79.9. The van der Waals surface area contributed by atoms with Crippen molar-refractivity contribution in [3.8, 4) is 11.8 Å². The van der Waals surface area contributed by atoms with Gasteiger partial charge in [-0.2, -0.15) is 5.26 Å². The molecule has 2 fully saturated rings. The minimum Gasteiger partial charge on any atom is -0.490 e. The van der Waals surface area contributed by atoms with Crippen LogP contribution >= 0.6 is 15.9 Å². The molecule has 3 aliphatic rings. The summed E-state index contributed by atoms with van der Waals surface area (Å²) in [4.78, 5) is 19.4. The first-order valence-corrected chi connectivity index (χ1v) is 10.4. The first-order chi connectivity index (χ1) is 13.2. The third-order valence-electron chi connectivity index (χ3n) is 5.62. The van der Waals surface area contributed by atoms with E-state index in [0.29, 0.717) is 11.6 Å². The van der Waals surface area contributed by atoms with Gasteiger partial charge < -0.3 is 9.64 Å². The van der Waals surface area contributed by atoms with Crippen molar-refractivity contribution in [2.45, 2.75) is 50.7 Å². The Hall–Kier alpha value is -2.13. The van der Waals surface area contributed by atoms with Gasteiger partial charge in [-0.15, -0.1) is 0 Å². The van der Waals surface area contributed by atoms with E-state index < -0.39 is 0 Å². The van der Waals surface area contributed by atoms with E-state index >= 15 is 0 Å². The number of piperidine rings is 1.